The third kappa shape index (κ3) is 5.40. The number of carboxylic acids is 1. The van der Waals surface area contributed by atoms with E-state index in [0.717, 1.165) is 19.3 Å². The zero-order valence-electron chi connectivity index (χ0n) is 17.2. The van der Waals surface area contributed by atoms with Gasteiger partial charge in [-0.05, 0) is 43.5 Å². The summed E-state index contributed by atoms with van der Waals surface area (Å²) in [4.78, 5) is 35.8. The summed E-state index contributed by atoms with van der Waals surface area (Å²) in [6.45, 7) is -2.92. The second kappa shape index (κ2) is 9.59. The summed E-state index contributed by atoms with van der Waals surface area (Å²) in [6, 6.07) is 6.39. The Morgan fingerprint density at radius 2 is 1.82 bits per heavy atom. The number of ether oxygens (including phenoxy) is 1. The van der Waals surface area contributed by atoms with Crippen LogP contribution in [0.5, 0.6) is 5.75 Å². The number of alkyl halides is 2. The molecule has 0 unspecified atom stereocenters. The van der Waals surface area contributed by atoms with Gasteiger partial charge in [-0.1, -0.05) is 0 Å². The molecule has 1 aliphatic rings. The Morgan fingerprint density at radius 3 is 2.45 bits per heavy atom. The summed E-state index contributed by atoms with van der Waals surface area (Å²) in [5, 5.41) is 15.6. The lowest BCUT2D eigenvalue weighted by Crippen LogP contribution is -2.24. The van der Waals surface area contributed by atoms with Crippen LogP contribution in [-0.2, 0) is 0 Å². The fraction of sp³-hybridized carbons (Fsp3) is 0.286. The molecule has 0 aromatic carbocycles. The molecule has 1 saturated carbocycles. The second-order valence-corrected chi connectivity index (χ2v) is 7.42. The summed E-state index contributed by atoms with van der Waals surface area (Å²) in [5.41, 5.74) is -0.492. The SMILES string of the molecule is O=C(O)c1cccn(-c2ccc(N[C@H]3CC[C@H](Nc4ncc(OC(F)F)cn4)C3)nc2)c1=O. The van der Waals surface area contributed by atoms with Gasteiger partial charge in [0.15, 0.2) is 5.75 Å². The molecule has 0 radical (unpaired) electrons. The van der Waals surface area contributed by atoms with E-state index in [1.807, 2.05) is 0 Å². The van der Waals surface area contributed by atoms with Gasteiger partial charge in [0.1, 0.15) is 11.4 Å². The van der Waals surface area contributed by atoms with Gasteiger partial charge in [0, 0.05) is 18.3 Å². The van der Waals surface area contributed by atoms with E-state index in [0.29, 0.717) is 17.5 Å². The maximum atomic E-state index is 12.3. The molecule has 1 aliphatic carbocycles. The number of hydrogen-bond donors (Lipinski definition) is 3. The minimum atomic E-state index is -2.92. The van der Waals surface area contributed by atoms with Gasteiger partial charge in [-0.3, -0.25) is 9.36 Å². The predicted molar refractivity (Wildman–Crippen MR) is 114 cm³/mol. The normalized spacial score (nSPS) is 17.7. The molecule has 0 aliphatic heterocycles. The van der Waals surface area contributed by atoms with Crippen LogP contribution in [-0.4, -0.2) is 49.3 Å². The van der Waals surface area contributed by atoms with Crippen molar-refractivity contribution in [3.8, 4) is 11.4 Å². The van der Waals surface area contributed by atoms with E-state index in [2.05, 4.69) is 30.3 Å². The van der Waals surface area contributed by atoms with Crippen molar-refractivity contribution in [1.29, 1.82) is 0 Å². The smallest absolute Gasteiger partial charge is 0.387 e. The molecule has 1 fully saturated rings. The van der Waals surface area contributed by atoms with Crippen LogP contribution in [0, 0.1) is 0 Å². The highest BCUT2D eigenvalue weighted by Gasteiger charge is 2.25. The van der Waals surface area contributed by atoms with Gasteiger partial charge in [-0.2, -0.15) is 8.78 Å². The highest BCUT2D eigenvalue weighted by molar-refractivity contribution is 5.87. The molecule has 4 rings (SSSR count). The van der Waals surface area contributed by atoms with Crippen LogP contribution in [0.4, 0.5) is 20.5 Å². The third-order valence-corrected chi connectivity index (χ3v) is 5.17. The van der Waals surface area contributed by atoms with Crippen molar-refractivity contribution in [2.24, 2.45) is 0 Å². The van der Waals surface area contributed by atoms with Gasteiger partial charge < -0.3 is 20.5 Å². The number of rotatable bonds is 8. The number of hydrogen-bond acceptors (Lipinski definition) is 8. The van der Waals surface area contributed by atoms with E-state index < -0.39 is 18.1 Å². The average Bonchev–Trinajstić information content (AvgIpc) is 3.22. The first-order chi connectivity index (χ1) is 15.9. The van der Waals surface area contributed by atoms with Crippen LogP contribution in [0.15, 0.2) is 53.8 Å². The van der Waals surface area contributed by atoms with Crippen LogP contribution in [0.2, 0.25) is 0 Å². The van der Waals surface area contributed by atoms with Crippen LogP contribution >= 0.6 is 0 Å². The number of nitrogens with one attached hydrogen (secondary N) is 2. The zero-order chi connectivity index (χ0) is 23.4. The quantitative estimate of drug-likeness (QED) is 0.466. The average molecular weight is 458 g/mol. The summed E-state index contributed by atoms with van der Waals surface area (Å²) in [6.07, 6.45) is 7.85. The number of halogens is 2. The molecule has 3 heterocycles. The van der Waals surface area contributed by atoms with Gasteiger partial charge in [0.05, 0.1) is 24.3 Å². The van der Waals surface area contributed by atoms with E-state index in [4.69, 9.17) is 5.11 Å². The predicted octanol–water partition coefficient (Wildman–Crippen LogP) is 2.77. The molecule has 172 valence electrons. The fourth-order valence-corrected chi connectivity index (χ4v) is 3.66. The molecule has 0 amide bonds. The number of carbonyl (C=O) groups is 1. The monoisotopic (exact) mass is 458 g/mol. The van der Waals surface area contributed by atoms with Crippen molar-refractivity contribution >= 4 is 17.7 Å². The molecular formula is C21H20F2N6O4. The van der Waals surface area contributed by atoms with E-state index in [1.54, 1.807) is 12.1 Å². The molecule has 0 spiro atoms. The molecule has 33 heavy (non-hydrogen) atoms. The van der Waals surface area contributed by atoms with Crippen molar-refractivity contribution in [2.45, 2.75) is 38.0 Å². The Balaban J connectivity index is 1.34. The Bertz CT molecular complexity index is 1170. The Kier molecular flexibility index (Phi) is 6.43. The lowest BCUT2D eigenvalue weighted by Gasteiger charge is -2.15. The molecule has 0 bridgehead atoms. The van der Waals surface area contributed by atoms with E-state index >= 15 is 0 Å². The number of anilines is 2. The van der Waals surface area contributed by atoms with Crippen molar-refractivity contribution in [3.05, 3.63) is 65.0 Å². The summed E-state index contributed by atoms with van der Waals surface area (Å²) in [5.74, 6) is -0.434. The van der Waals surface area contributed by atoms with Gasteiger partial charge in [0.2, 0.25) is 5.95 Å². The van der Waals surface area contributed by atoms with E-state index in [1.165, 1.54) is 41.5 Å². The first-order valence-electron chi connectivity index (χ1n) is 10.1. The lowest BCUT2D eigenvalue weighted by molar-refractivity contribution is -0.0503. The highest BCUT2D eigenvalue weighted by Crippen LogP contribution is 2.25. The summed E-state index contributed by atoms with van der Waals surface area (Å²) in [7, 11) is 0. The fourth-order valence-electron chi connectivity index (χ4n) is 3.66. The van der Waals surface area contributed by atoms with Gasteiger partial charge in [-0.15, -0.1) is 0 Å². The number of aromatic nitrogens is 4. The third-order valence-electron chi connectivity index (χ3n) is 5.17. The maximum absolute atomic E-state index is 12.3. The van der Waals surface area contributed by atoms with Gasteiger partial charge >= 0.3 is 12.6 Å². The van der Waals surface area contributed by atoms with Crippen molar-refractivity contribution in [2.75, 3.05) is 10.6 Å². The zero-order valence-corrected chi connectivity index (χ0v) is 17.2. The molecule has 12 heteroatoms. The summed E-state index contributed by atoms with van der Waals surface area (Å²) < 4.78 is 29.9. The first-order valence-corrected chi connectivity index (χ1v) is 10.1. The van der Waals surface area contributed by atoms with Gasteiger partial charge in [-0.25, -0.2) is 19.7 Å². The van der Waals surface area contributed by atoms with Crippen LogP contribution in [0.25, 0.3) is 5.69 Å². The van der Waals surface area contributed by atoms with Crippen LogP contribution < -0.4 is 20.9 Å². The topological polar surface area (TPSA) is 131 Å². The number of nitrogens with zero attached hydrogens (tertiary/aromatic N) is 4. The van der Waals surface area contributed by atoms with E-state index in [9.17, 15) is 18.4 Å². The Labute approximate surface area is 186 Å². The van der Waals surface area contributed by atoms with Crippen molar-refractivity contribution in [1.82, 2.24) is 19.5 Å². The molecule has 3 aromatic heterocycles. The lowest BCUT2D eigenvalue weighted by atomic mass is 10.2. The first kappa shape index (κ1) is 22.1. The number of carboxylic acid groups (broad SMARTS) is 1. The molecule has 2 atom stereocenters. The van der Waals surface area contributed by atoms with Crippen LogP contribution in [0.1, 0.15) is 29.6 Å². The summed E-state index contributed by atoms with van der Waals surface area (Å²) >= 11 is 0. The second-order valence-electron chi connectivity index (χ2n) is 7.42. The molecule has 0 saturated heterocycles. The number of aromatic carboxylic acids is 1. The molecule has 3 aromatic rings. The number of pyridine rings is 2. The molecule has 3 N–H and O–H groups in total. The molecular weight excluding hydrogens is 438 g/mol. The van der Waals surface area contributed by atoms with Crippen LogP contribution in [0.3, 0.4) is 0 Å². The van der Waals surface area contributed by atoms with Crippen molar-refractivity contribution < 1.29 is 23.4 Å². The Morgan fingerprint density at radius 1 is 1.09 bits per heavy atom. The highest BCUT2D eigenvalue weighted by atomic mass is 19.3. The minimum absolute atomic E-state index is 0.0981. The minimum Gasteiger partial charge on any atom is -0.477 e. The van der Waals surface area contributed by atoms with Gasteiger partial charge in [0.25, 0.3) is 5.56 Å². The standard InChI is InChI=1S/C21H20F2N6O4/c22-20(23)33-15-10-25-21(26-11-15)28-13-4-3-12(8-13)27-17-6-5-14(9-24-17)29-7-1-2-16(18(29)30)19(31)32/h1-2,5-7,9-13,20H,3-4,8H2,(H,24,27)(H,31,32)(H,25,26,28)/t12-,13-/m0/s1. The van der Waals surface area contributed by atoms with E-state index in [-0.39, 0.29) is 23.4 Å². The Hall–Kier alpha value is -4.09. The maximum Gasteiger partial charge on any atom is 0.387 e. The van der Waals surface area contributed by atoms with Crippen molar-refractivity contribution in [3.63, 3.8) is 0 Å². The molecule has 10 nitrogen and oxygen atoms in total. The largest absolute Gasteiger partial charge is 0.477 e.